The predicted octanol–water partition coefficient (Wildman–Crippen LogP) is 4.02. The van der Waals surface area contributed by atoms with Gasteiger partial charge >= 0.3 is 0 Å². The first kappa shape index (κ1) is 20.5. The Morgan fingerprint density at radius 1 is 1.20 bits per heavy atom. The molecule has 0 aliphatic carbocycles. The van der Waals surface area contributed by atoms with Crippen LogP contribution in [0.4, 0.5) is 4.39 Å². The van der Waals surface area contributed by atoms with Crippen molar-refractivity contribution in [3.8, 4) is 0 Å². The molecule has 0 fully saturated rings. The fraction of sp³-hybridized carbons (Fsp3) is 0.304. The number of aryl methyl sites for hydroxylation is 1. The van der Waals surface area contributed by atoms with Crippen LogP contribution in [-0.2, 0) is 23.2 Å². The van der Waals surface area contributed by atoms with E-state index >= 15 is 0 Å². The average molecular weight is 426 g/mol. The summed E-state index contributed by atoms with van der Waals surface area (Å²) in [5.74, 6) is -0.321. The zero-order valence-electron chi connectivity index (χ0n) is 17.2. The molecular weight excluding hydrogens is 401 g/mol. The van der Waals surface area contributed by atoms with Gasteiger partial charge in [0.25, 0.3) is 0 Å². The number of carbonyl (C=O) groups excluding carboxylic acids is 2. The Balaban J connectivity index is 1.77. The zero-order chi connectivity index (χ0) is 21.4. The molecule has 5 nitrogen and oxygen atoms in total. The summed E-state index contributed by atoms with van der Waals surface area (Å²) in [5, 5.41) is 4.88. The Labute approximate surface area is 179 Å². The van der Waals surface area contributed by atoms with Crippen molar-refractivity contribution < 1.29 is 14.0 Å². The second-order valence-corrected chi connectivity index (χ2v) is 8.69. The van der Waals surface area contributed by atoms with Crippen LogP contribution in [0.15, 0.2) is 53.6 Å². The van der Waals surface area contributed by atoms with E-state index in [-0.39, 0.29) is 36.0 Å². The summed E-state index contributed by atoms with van der Waals surface area (Å²) in [6, 6.07) is 13.1. The molecule has 3 aromatic rings. The summed E-state index contributed by atoms with van der Waals surface area (Å²) in [6.45, 7) is 4.13. The van der Waals surface area contributed by atoms with Gasteiger partial charge in [-0.2, -0.15) is 0 Å². The van der Waals surface area contributed by atoms with Gasteiger partial charge in [0.15, 0.2) is 0 Å². The molecule has 0 saturated heterocycles. The number of para-hydroxylation sites is 1. The Morgan fingerprint density at radius 3 is 2.60 bits per heavy atom. The second-order valence-electron chi connectivity index (χ2n) is 7.73. The fourth-order valence-corrected chi connectivity index (χ4v) is 5.14. The third kappa shape index (κ3) is 3.58. The van der Waals surface area contributed by atoms with Gasteiger partial charge in [-0.25, -0.2) is 4.39 Å². The van der Waals surface area contributed by atoms with Crippen LogP contribution >= 0.6 is 11.8 Å². The monoisotopic (exact) mass is 425 g/mol. The molecule has 4 rings (SSSR count). The molecule has 2 aromatic carbocycles. The third-order valence-corrected chi connectivity index (χ3v) is 6.61. The quantitative estimate of drug-likeness (QED) is 0.687. The second kappa shape index (κ2) is 8.14. The van der Waals surface area contributed by atoms with Crippen LogP contribution < -0.4 is 5.32 Å². The summed E-state index contributed by atoms with van der Waals surface area (Å²) in [5.41, 5.74) is 2.70. The van der Waals surface area contributed by atoms with Crippen LogP contribution in [-0.4, -0.2) is 33.1 Å². The largest absolute Gasteiger partial charge is 0.350 e. The molecule has 0 spiro atoms. The number of benzene rings is 2. The van der Waals surface area contributed by atoms with Crippen LogP contribution in [0.1, 0.15) is 31.0 Å². The Bertz CT molecular complexity index is 1110. The summed E-state index contributed by atoms with van der Waals surface area (Å²) in [4.78, 5) is 28.1. The molecule has 1 aromatic heterocycles. The summed E-state index contributed by atoms with van der Waals surface area (Å²) < 4.78 is 15.2. The molecule has 2 amide bonds. The molecule has 1 aliphatic heterocycles. The van der Waals surface area contributed by atoms with Crippen molar-refractivity contribution in [2.45, 2.75) is 37.5 Å². The van der Waals surface area contributed by atoms with E-state index in [9.17, 15) is 14.0 Å². The van der Waals surface area contributed by atoms with Gasteiger partial charge < -0.3 is 14.8 Å². The number of hydrogen-bond donors (Lipinski definition) is 1. The Hall–Kier alpha value is -2.80. The number of fused-ring (bicyclic) bond motifs is 3. The lowest BCUT2D eigenvalue weighted by atomic mass is 10.0. The van der Waals surface area contributed by atoms with Crippen LogP contribution in [0.25, 0.3) is 10.9 Å². The van der Waals surface area contributed by atoms with Crippen molar-refractivity contribution >= 4 is 34.5 Å². The molecule has 1 unspecified atom stereocenters. The van der Waals surface area contributed by atoms with E-state index in [1.54, 1.807) is 17.0 Å². The van der Waals surface area contributed by atoms with Crippen molar-refractivity contribution in [3.63, 3.8) is 0 Å². The molecule has 0 radical (unpaired) electrons. The lowest BCUT2D eigenvalue weighted by Crippen LogP contribution is -2.46. The highest BCUT2D eigenvalue weighted by Gasteiger charge is 2.39. The first-order valence-corrected chi connectivity index (χ1v) is 10.9. The SMILES string of the molecule is CC(C)N1C(=O)CSc2c(c3ccccc3n2C)C1C(=O)NCc1ccc(F)cc1. The number of halogens is 1. The van der Waals surface area contributed by atoms with E-state index in [0.717, 1.165) is 27.1 Å². The molecule has 156 valence electrons. The number of hydrogen-bond acceptors (Lipinski definition) is 3. The van der Waals surface area contributed by atoms with Gasteiger partial charge in [-0.3, -0.25) is 9.59 Å². The van der Waals surface area contributed by atoms with Crippen LogP contribution in [0.5, 0.6) is 0 Å². The first-order valence-electron chi connectivity index (χ1n) is 9.92. The minimum Gasteiger partial charge on any atom is -0.350 e. The molecule has 2 heterocycles. The van der Waals surface area contributed by atoms with E-state index in [1.807, 2.05) is 45.2 Å². The minimum absolute atomic E-state index is 0.0581. The molecule has 1 aliphatic rings. The first-order chi connectivity index (χ1) is 14.4. The lowest BCUT2D eigenvalue weighted by Gasteiger charge is -2.33. The van der Waals surface area contributed by atoms with Gasteiger partial charge in [0.2, 0.25) is 11.8 Å². The van der Waals surface area contributed by atoms with Crippen LogP contribution in [0.3, 0.4) is 0 Å². The van der Waals surface area contributed by atoms with Gasteiger partial charge in [0.05, 0.1) is 10.8 Å². The van der Waals surface area contributed by atoms with Crippen LogP contribution in [0.2, 0.25) is 0 Å². The fourth-order valence-electron chi connectivity index (χ4n) is 4.06. The van der Waals surface area contributed by atoms with E-state index in [0.29, 0.717) is 0 Å². The highest BCUT2D eigenvalue weighted by molar-refractivity contribution is 8.00. The van der Waals surface area contributed by atoms with Gasteiger partial charge in [0, 0.05) is 36.1 Å². The van der Waals surface area contributed by atoms with Crippen molar-refractivity contribution in [3.05, 3.63) is 65.5 Å². The summed E-state index contributed by atoms with van der Waals surface area (Å²) in [6.07, 6.45) is 0. The molecular formula is C23H24FN3O2S. The highest BCUT2D eigenvalue weighted by atomic mass is 32.2. The van der Waals surface area contributed by atoms with E-state index in [1.165, 1.54) is 23.9 Å². The molecule has 1 atom stereocenters. The number of aromatic nitrogens is 1. The summed E-state index contributed by atoms with van der Waals surface area (Å²) in [7, 11) is 1.97. The topological polar surface area (TPSA) is 54.3 Å². The van der Waals surface area contributed by atoms with Gasteiger partial charge in [-0.05, 0) is 37.6 Å². The maximum Gasteiger partial charge on any atom is 0.247 e. The average Bonchev–Trinajstić information content (AvgIpc) is 2.90. The third-order valence-electron chi connectivity index (χ3n) is 5.45. The van der Waals surface area contributed by atoms with Gasteiger partial charge in [0.1, 0.15) is 11.9 Å². The molecule has 30 heavy (non-hydrogen) atoms. The molecule has 0 bridgehead atoms. The number of nitrogens with one attached hydrogen (secondary N) is 1. The van der Waals surface area contributed by atoms with Crippen molar-refractivity contribution in [2.24, 2.45) is 7.05 Å². The van der Waals surface area contributed by atoms with Crippen molar-refractivity contribution in [1.82, 2.24) is 14.8 Å². The molecule has 1 N–H and O–H groups in total. The van der Waals surface area contributed by atoms with Crippen molar-refractivity contribution in [1.29, 1.82) is 0 Å². The maximum atomic E-state index is 13.5. The minimum atomic E-state index is -0.728. The highest BCUT2D eigenvalue weighted by Crippen LogP contribution is 2.42. The maximum absolute atomic E-state index is 13.5. The van der Waals surface area contributed by atoms with Gasteiger partial charge in [-0.1, -0.05) is 42.1 Å². The van der Waals surface area contributed by atoms with E-state index < -0.39 is 6.04 Å². The number of nitrogens with zero attached hydrogens (tertiary/aromatic N) is 2. The zero-order valence-corrected chi connectivity index (χ0v) is 18.0. The number of carbonyl (C=O) groups is 2. The number of rotatable bonds is 4. The summed E-state index contributed by atoms with van der Waals surface area (Å²) >= 11 is 1.48. The molecule has 7 heteroatoms. The number of thioether (sulfide) groups is 1. The Kier molecular flexibility index (Phi) is 5.56. The van der Waals surface area contributed by atoms with Crippen molar-refractivity contribution in [2.75, 3.05) is 5.75 Å². The normalized spacial score (nSPS) is 16.6. The standard InChI is InChI=1S/C23H24FN3O2S/c1-14(2)27-19(28)13-30-23-20(17-6-4-5-7-18(17)26(23)3)21(27)22(29)25-12-15-8-10-16(24)11-9-15/h4-11,14,21H,12-13H2,1-3H3,(H,25,29). The number of amides is 2. The van der Waals surface area contributed by atoms with E-state index in [2.05, 4.69) is 9.88 Å². The predicted molar refractivity (Wildman–Crippen MR) is 117 cm³/mol. The lowest BCUT2D eigenvalue weighted by molar-refractivity contribution is -0.140. The Morgan fingerprint density at radius 2 is 1.90 bits per heavy atom. The van der Waals surface area contributed by atoms with Crippen LogP contribution in [0, 0.1) is 5.82 Å². The molecule has 0 saturated carbocycles. The van der Waals surface area contributed by atoms with E-state index in [4.69, 9.17) is 0 Å². The van der Waals surface area contributed by atoms with Gasteiger partial charge in [-0.15, -0.1) is 0 Å². The smallest absolute Gasteiger partial charge is 0.247 e.